The van der Waals surface area contributed by atoms with Crippen molar-refractivity contribution < 1.29 is 51.9 Å². The monoisotopic (exact) mass is 535 g/mol. The van der Waals surface area contributed by atoms with Crippen molar-refractivity contribution in [3.63, 3.8) is 0 Å². The lowest BCUT2D eigenvalue weighted by molar-refractivity contribution is -0.211. The molecule has 2 aliphatic heterocycles. The zero-order valence-corrected chi connectivity index (χ0v) is 19.5. The van der Waals surface area contributed by atoms with Gasteiger partial charge in [0.1, 0.15) is 29.0 Å². The molecule has 9 nitrogen and oxygen atoms in total. The summed E-state index contributed by atoms with van der Waals surface area (Å²) in [7, 11) is 0. The van der Waals surface area contributed by atoms with Crippen molar-refractivity contribution in [3.05, 3.63) is 68.7 Å². The van der Waals surface area contributed by atoms with Gasteiger partial charge in [-0.25, -0.2) is 18.0 Å². The fourth-order valence-corrected chi connectivity index (χ4v) is 4.81. The van der Waals surface area contributed by atoms with Gasteiger partial charge in [0.05, 0.1) is 24.5 Å². The van der Waals surface area contributed by atoms with Gasteiger partial charge in [-0.05, 0) is 12.1 Å². The summed E-state index contributed by atoms with van der Waals surface area (Å²) >= 11 is 0.755. The number of carbonyl (C=O) groups is 3. The molecule has 0 saturated carbocycles. The van der Waals surface area contributed by atoms with E-state index in [0.717, 1.165) is 29.5 Å². The first-order valence-electron chi connectivity index (χ1n) is 10.8. The Kier molecular flexibility index (Phi) is 6.48. The van der Waals surface area contributed by atoms with Crippen LogP contribution < -0.4 is 19.7 Å². The standard InChI is InChI=1S/C24H16F3NO8S/c25-11-4-10-8-34-16-6-12(18-20(29)19-15(28-23(18)30)9-37-22(19)24(31)32)13(26)7-17(16)33-2-1-3-35-36-21(10)14(27)5-11/h4-7,9,18H,1-3,8H2,(H,28,30)(H,31,32). The van der Waals surface area contributed by atoms with Crippen LogP contribution in [-0.4, -0.2) is 36.0 Å². The lowest BCUT2D eigenvalue weighted by Gasteiger charge is -2.24. The number of hydrogen-bond acceptors (Lipinski definition) is 8. The van der Waals surface area contributed by atoms with Gasteiger partial charge in [0.2, 0.25) is 11.7 Å². The minimum atomic E-state index is -1.71. The molecule has 13 heteroatoms. The molecule has 2 aliphatic rings. The van der Waals surface area contributed by atoms with E-state index in [4.69, 9.17) is 19.2 Å². The molecule has 192 valence electrons. The SMILES string of the molecule is O=C(O)c1scc2c1C(=O)C(c1cc3c(cc1F)OCCCOOc1c(F)cc(F)cc1CO3)C(=O)N2. The van der Waals surface area contributed by atoms with Gasteiger partial charge in [-0.3, -0.25) is 9.59 Å². The molecule has 3 aromatic rings. The molecule has 1 amide bonds. The van der Waals surface area contributed by atoms with E-state index in [-0.39, 0.29) is 52.8 Å². The minimum absolute atomic E-state index is 0.0142. The summed E-state index contributed by atoms with van der Waals surface area (Å²) in [4.78, 5) is 47.2. The molecule has 0 spiro atoms. The van der Waals surface area contributed by atoms with Crippen LogP contribution in [0.25, 0.3) is 0 Å². The second kappa shape index (κ2) is 9.75. The van der Waals surface area contributed by atoms with Gasteiger partial charge >= 0.3 is 5.97 Å². The molecule has 0 bridgehead atoms. The number of nitrogens with one attached hydrogen (secondary N) is 1. The van der Waals surface area contributed by atoms with E-state index in [1.807, 2.05) is 0 Å². The Morgan fingerprint density at radius 1 is 1.03 bits per heavy atom. The maximum atomic E-state index is 15.3. The van der Waals surface area contributed by atoms with Crippen molar-refractivity contribution in [1.29, 1.82) is 0 Å². The van der Waals surface area contributed by atoms with E-state index in [1.54, 1.807) is 0 Å². The van der Waals surface area contributed by atoms with Crippen LogP contribution in [0.1, 0.15) is 43.5 Å². The van der Waals surface area contributed by atoms with Crippen molar-refractivity contribution >= 4 is 34.7 Å². The third kappa shape index (κ3) is 4.58. The number of rotatable bonds is 2. The molecule has 2 N–H and O–H groups in total. The summed E-state index contributed by atoms with van der Waals surface area (Å²) in [5, 5.41) is 13.2. The average molecular weight is 535 g/mol. The van der Waals surface area contributed by atoms with Gasteiger partial charge in [-0.15, -0.1) is 11.3 Å². The number of ether oxygens (including phenoxy) is 2. The highest BCUT2D eigenvalue weighted by atomic mass is 32.1. The predicted octanol–water partition coefficient (Wildman–Crippen LogP) is 4.45. The largest absolute Gasteiger partial charge is 0.489 e. The average Bonchev–Trinajstić information content (AvgIpc) is 3.26. The number of carboxylic acid groups (broad SMARTS) is 1. The van der Waals surface area contributed by atoms with E-state index in [0.29, 0.717) is 6.07 Å². The van der Waals surface area contributed by atoms with E-state index in [1.165, 1.54) is 5.38 Å². The molecule has 0 saturated heterocycles. The molecule has 0 fully saturated rings. The van der Waals surface area contributed by atoms with Crippen LogP contribution in [0.4, 0.5) is 18.9 Å². The number of hydrogen-bond donors (Lipinski definition) is 2. The zero-order chi connectivity index (χ0) is 26.3. The van der Waals surface area contributed by atoms with E-state index < -0.39 is 58.9 Å². The number of amides is 1. The lowest BCUT2D eigenvalue weighted by Crippen LogP contribution is -2.34. The quantitative estimate of drug-likeness (QED) is 0.365. The van der Waals surface area contributed by atoms with Gasteiger partial charge in [-0.1, -0.05) is 0 Å². The number of carboxylic acids is 1. The fraction of sp³-hybridized carbons (Fsp3) is 0.208. The Balaban J connectivity index is 1.55. The van der Waals surface area contributed by atoms with E-state index in [9.17, 15) is 28.3 Å². The number of carbonyl (C=O) groups excluding carboxylic acids is 2. The minimum Gasteiger partial charge on any atom is -0.489 e. The summed E-state index contributed by atoms with van der Waals surface area (Å²) < 4.78 is 54.6. The maximum absolute atomic E-state index is 15.3. The smallest absolute Gasteiger partial charge is 0.346 e. The first kappa shape index (κ1) is 24.6. The Morgan fingerprint density at radius 2 is 1.81 bits per heavy atom. The van der Waals surface area contributed by atoms with Crippen LogP contribution in [0.5, 0.6) is 17.2 Å². The van der Waals surface area contributed by atoms with Crippen molar-refractivity contribution in [3.8, 4) is 17.2 Å². The van der Waals surface area contributed by atoms with Gasteiger partial charge < -0.3 is 24.8 Å². The Hall–Kier alpha value is -4.10. The molecule has 1 unspecified atom stereocenters. The summed E-state index contributed by atoms with van der Waals surface area (Å²) in [6.45, 7) is -0.490. The van der Waals surface area contributed by atoms with Crippen molar-refractivity contribution in [2.45, 2.75) is 18.9 Å². The molecule has 2 aromatic carbocycles. The van der Waals surface area contributed by atoms with Crippen molar-refractivity contribution in [2.24, 2.45) is 0 Å². The number of Topliss-reactive ketones (excluding diaryl/α,β-unsaturated/α-hetero) is 1. The van der Waals surface area contributed by atoms with Crippen LogP contribution in [0.15, 0.2) is 29.6 Å². The molecular formula is C24H16F3NO8S. The van der Waals surface area contributed by atoms with Gasteiger partial charge in [0, 0.05) is 35.1 Å². The number of aromatic carboxylic acids is 1. The topological polar surface area (TPSA) is 120 Å². The third-order valence-corrected chi connectivity index (χ3v) is 6.60. The lowest BCUT2D eigenvalue weighted by atomic mass is 9.86. The van der Waals surface area contributed by atoms with Gasteiger partial charge in [-0.2, -0.15) is 4.89 Å². The molecule has 0 aliphatic carbocycles. The molecule has 37 heavy (non-hydrogen) atoms. The highest BCUT2D eigenvalue weighted by Crippen LogP contribution is 2.41. The fourth-order valence-electron chi connectivity index (χ4n) is 3.97. The predicted molar refractivity (Wildman–Crippen MR) is 121 cm³/mol. The first-order chi connectivity index (χ1) is 17.7. The van der Waals surface area contributed by atoms with E-state index >= 15 is 4.39 Å². The molecule has 0 radical (unpaired) electrons. The van der Waals surface area contributed by atoms with Crippen LogP contribution >= 0.6 is 11.3 Å². The molecule has 1 atom stereocenters. The summed E-state index contributed by atoms with van der Waals surface area (Å²) in [5.41, 5.74) is -0.669. The number of benzene rings is 2. The van der Waals surface area contributed by atoms with Crippen molar-refractivity contribution in [1.82, 2.24) is 0 Å². The Bertz CT molecular complexity index is 1440. The third-order valence-electron chi connectivity index (χ3n) is 5.63. The first-order valence-corrected chi connectivity index (χ1v) is 11.7. The molecule has 5 rings (SSSR count). The van der Waals surface area contributed by atoms with Crippen LogP contribution in [0, 0.1) is 17.5 Å². The van der Waals surface area contributed by atoms with Crippen LogP contribution in [-0.2, 0) is 16.3 Å². The number of thiophene rings is 1. The van der Waals surface area contributed by atoms with Crippen LogP contribution in [0.2, 0.25) is 0 Å². The number of ketones is 1. The summed E-state index contributed by atoms with van der Waals surface area (Å²) in [5.74, 6) is -8.37. The highest BCUT2D eigenvalue weighted by Gasteiger charge is 2.41. The van der Waals surface area contributed by atoms with Crippen LogP contribution in [0.3, 0.4) is 0 Å². The maximum Gasteiger partial charge on any atom is 0.346 e. The number of fused-ring (bicyclic) bond motifs is 3. The van der Waals surface area contributed by atoms with Gasteiger partial charge in [0.15, 0.2) is 23.1 Å². The second-order valence-electron chi connectivity index (χ2n) is 8.04. The highest BCUT2D eigenvalue weighted by molar-refractivity contribution is 7.13. The van der Waals surface area contributed by atoms with Crippen molar-refractivity contribution in [2.75, 3.05) is 18.5 Å². The number of anilines is 1. The Morgan fingerprint density at radius 3 is 2.59 bits per heavy atom. The van der Waals surface area contributed by atoms with Gasteiger partial charge in [0.25, 0.3) is 0 Å². The molecule has 1 aromatic heterocycles. The Labute approximate surface area is 210 Å². The normalized spacial score (nSPS) is 17.4. The number of halogens is 3. The van der Waals surface area contributed by atoms with E-state index in [2.05, 4.69) is 5.32 Å². The summed E-state index contributed by atoms with van der Waals surface area (Å²) in [6, 6.07) is 3.56. The molecular weight excluding hydrogens is 519 g/mol. The zero-order valence-electron chi connectivity index (χ0n) is 18.6. The summed E-state index contributed by atoms with van der Waals surface area (Å²) in [6.07, 6.45) is 0.239. The molecule has 3 heterocycles. The second-order valence-corrected chi connectivity index (χ2v) is 8.92.